The minimum Gasteiger partial charge on any atom is -0.483 e. The van der Waals surface area contributed by atoms with Crippen molar-refractivity contribution in [2.45, 2.75) is 13.1 Å². The van der Waals surface area contributed by atoms with Crippen LogP contribution in [0.25, 0.3) is 0 Å². The van der Waals surface area contributed by atoms with Crippen LogP contribution in [0, 0.1) is 5.82 Å². The van der Waals surface area contributed by atoms with Gasteiger partial charge in [0, 0.05) is 0 Å². The third-order valence-electron chi connectivity index (χ3n) is 1.55. The number of benzene rings is 1. The molecular formula is C9H13FO3Si. The van der Waals surface area contributed by atoms with Gasteiger partial charge in [-0.05, 0) is 30.4 Å². The number of hydrogen-bond donors (Lipinski definition) is 2. The van der Waals surface area contributed by atoms with Gasteiger partial charge in [0.25, 0.3) is 6.47 Å². The molecule has 1 aromatic carbocycles. The molecule has 5 heteroatoms. The first-order chi connectivity index (χ1) is 6.41. The van der Waals surface area contributed by atoms with Crippen molar-refractivity contribution in [1.29, 1.82) is 0 Å². The summed E-state index contributed by atoms with van der Waals surface area (Å²) in [5.41, 5.74) is 0. The Morgan fingerprint density at radius 2 is 1.64 bits per heavy atom. The third kappa shape index (κ3) is 4.73. The summed E-state index contributed by atoms with van der Waals surface area (Å²) in [6.45, 7) is 3.36. The van der Waals surface area contributed by atoms with E-state index in [0.717, 1.165) is 5.19 Å². The van der Waals surface area contributed by atoms with Gasteiger partial charge in [-0.3, -0.25) is 4.79 Å². The summed E-state index contributed by atoms with van der Waals surface area (Å²) >= 11 is 0. The first-order valence-corrected chi connectivity index (χ1v) is 6.93. The molecule has 0 radical (unpaired) electrons. The van der Waals surface area contributed by atoms with Crippen LogP contribution in [0.4, 0.5) is 4.39 Å². The van der Waals surface area contributed by atoms with Gasteiger partial charge in [-0.1, -0.05) is 12.1 Å². The van der Waals surface area contributed by atoms with E-state index in [2.05, 4.69) is 0 Å². The highest BCUT2D eigenvalue weighted by Crippen LogP contribution is 2.00. The summed E-state index contributed by atoms with van der Waals surface area (Å²) in [6, 6.07) is 6.03. The Morgan fingerprint density at radius 3 is 1.93 bits per heavy atom. The summed E-state index contributed by atoms with van der Waals surface area (Å²) in [6.07, 6.45) is 0. The second-order valence-electron chi connectivity index (χ2n) is 3.17. The van der Waals surface area contributed by atoms with Crippen LogP contribution in [-0.2, 0) is 4.79 Å². The maximum absolute atomic E-state index is 12.4. The van der Waals surface area contributed by atoms with E-state index in [0.29, 0.717) is 0 Å². The van der Waals surface area contributed by atoms with Crippen molar-refractivity contribution >= 4 is 20.0 Å². The molecule has 3 nitrogen and oxygen atoms in total. The van der Waals surface area contributed by atoms with Gasteiger partial charge in [0.1, 0.15) is 5.82 Å². The lowest BCUT2D eigenvalue weighted by molar-refractivity contribution is -0.122. The van der Waals surface area contributed by atoms with Gasteiger partial charge in [-0.25, -0.2) is 4.39 Å². The maximum atomic E-state index is 12.4. The second kappa shape index (κ2) is 5.51. The molecule has 14 heavy (non-hydrogen) atoms. The Bertz CT molecular complexity index is 279. The average molecular weight is 216 g/mol. The van der Waals surface area contributed by atoms with Crippen LogP contribution in [0.1, 0.15) is 0 Å². The Kier molecular flexibility index (Phi) is 5.04. The highest BCUT2D eigenvalue weighted by molar-refractivity contribution is 6.83. The van der Waals surface area contributed by atoms with Gasteiger partial charge in [0.15, 0.2) is 0 Å². The monoisotopic (exact) mass is 216 g/mol. The van der Waals surface area contributed by atoms with Gasteiger partial charge in [0.2, 0.25) is 8.32 Å². The quantitative estimate of drug-likeness (QED) is 0.542. The molecule has 0 fully saturated rings. The zero-order valence-corrected chi connectivity index (χ0v) is 9.07. The topological polar surface area (TPSA) is 57.5 Å². The standard InChI is InChI=1S/C8H11FOSi.CH2O2/c1-11(2,10)8-5-3-7(9)4-6-8;2-1-3/h3-6,10H,1-2H3;1H,(H,2,3). The molecule has 0 atom stereocenters. The molecule has 0 saturated carbocycles. The molecular weight excluding hydrogens is 203 g/mol. The SMILES string of the molecule is C[Si](C)(O)c1ccc(F)cc1.O=CO. The summed E-state index contributed by atoms with van der Waals surface area (Å²) in [5, 5.41) is 7.75. The zero-order valence-electron chi connectivity index (χ0n) is 8.07. The van der Waals surface area contributed by atoms with E-state index >= 15 is 0 Å². The Morgan fingerprint density at radius 1 is 1.29 bits per heavy atom. The first-order valence-electron chi connectivity index (χ1n) is 3.98. The summed E-state index contributed by atoms with van der Waals surface area (Å²) < 4.78 is 12.4. The van der Waals surface area contributed by atoms with Crippen LogP contribution < -0.4 is 5.19 Å². The number of halogens is 1. The van der Waals surface area contributed by atoms with E-state index in [9.17, 15) is 9.19 Å². The zero-order chi connectivity index (χ0) is 11.2. The lowest BCUT2D eigenvalue weighted by Gasteiger charge is -2.13. The third-order valence-corrected chi connectivity index (χ3v) is 3.30. The predicted molar refractivity (Wildman–Crippen MR) is 54.4 cm³/mol. The van der Waals surface area contributed by atoms with Crippen LogP contribution in [0.5, 0.6) is 0 Å². The molecule has 78 valence electrons. The van der Waals surface area contributed by atoms with Crippen LogP contribution in [0.2, 0.25) is 13.1 Å². The van der Waals surface area contributed by atoms with E-state index in [1.54, 1.807) is 25.2 Å². The van der Waals surface area contributed by atoms with Crippen molar-refractivity contribution in [3.8, 4) is 0 Å². The predicted octanol–water partition coefficient (Wildman–Crippen LogP) is 0.931. The van der Waals surface area contributed by atoms with E-state index < -0.39 is 8.32 Å². The normalized spacial score (nSPS) is 10.0. The summed E-state index contributed by atoms with van der Waals surface area (Å²) in [7, 11) is -2.22. The highest BCUT2D eigenvalue weighted by atomic mass is 28.4. The number of hydrogen-bond acceptors (Lipinski definition) is 2. The van der Waals surface area contributed by atoms with Gasteiger partial charge < -0.3 is 9.90 Å². The molecule has 0 bridgehead atoms. The van der Waals surface area contributed by atoms with Gasteiger partial charge >= 0.3 is 0 Å². The summed E-state index contributed by atoms with van der Waals surface area (Å²) in [4.78, 5) is 18.0. The molecule has 0 heterocycles. The van der Waals surface area contributed by atoms with Gasteiger partial charge in [-0.15, -0.1) is 0 Å². The molecule has 0 aromatic heterocycles. The molecule has 0 unspecified atom stereocenters. The van der Waals surface area contributed by atoms with Crippen molar-refractivity contribution in [2.24, 2.45) is 0 Å². The van der Waals surface area contributed by atoms with Gasteiger partial charge in [0.05, 0.1) is 0 Å². The number of carboxylic acid groups (broad SMARTS) is 1. The minimum absolute atomic E-state index is 0.250. The molecule has 0 saturated heterocycles. The molecule has 2 N–H and O–H groups in total. The average Bonchev–Trinajstić information content (AvgIpc) is 2.04. The van der Waals surface area contributed by atoms with E-state index in [-0.39, 0.29) is 12.3 Å². The van der Waals surface area contributed by atoms with Crippen LogP contribution in [0.3, 0.4) is 0 Å². The number of carbonyl (C=O) groups is 1. The second-order valence-corrected chi connectivity index (χ2v) is 6.87. The smallest absolute Gasteiger partial charge is 0.290 e. The van der Waals surface area contributed by atoms with Crippen LogP contribution in [-0.4, -0.2) is 24.7 Å². The van der Waals surface area contributed by atoms with Crippen molar-refractivity contribution in [3.63, 3.8) is 0 Å². The Hall–Kier alpha value is -1.20. The van der Waals surface area contributed by atoms with E-state index in [1.807, 2.05) is 0 Å². The van der Waals surface area contributed by atoms with Crippen molar-refractivity contribution in [3.05, 3.63) is 30.1 Å². The Labute approximate surface area is 83.0 Å². The van der Waals surface area contributed by atoms with Crippen LogP contribution >= 0.6 is 0 Å². The molecule has 1 aromatic rings. The number of rotatable bonds is 1. The van der Waals surface area contributed by atoms with E-state index in [1.165, 1.54) is 12.1 Å². The molecule has 0 aliphatic carbocycles. The molecule has 0 amide bonds. The van der Waals surface area contributed by atoms with Crippen molar-refractivity contribution in [1.82, 2.24) is 0 Å². The van der Waals surface area contributed by atoms with Crippen molar-refractivity contribution in [2.75, 3.05) is 0 Å². The highest BCUT2D eigenvalue weighted by Gasteiger charge is 2.19. The van der Waals surface area contributed by atoms with Crippen molar-refractivity contribution < 1.29 is 19.1 Å². The van der Waals surface area contributed by atoms with Gasteiger partial charge in [-0.2, -0.15) is 0 Å². The lowest BCUT2D eigenvalue weighted by atomic mass is 10.3. The molecule has 0 aliphatic rings. The maximum Gasteiger partial charge on any atom is 0.290 e. The largest absolute Gasteiger partial charge is 0.483 e. The van der Waals surface area contributed by atoms with E-state index in [4.69, 9.17) is 9.90 Å². The molecule has 1 rings (SSSR count). The first kappa shape index (κ1) is 12.8. The molecule has 0 aliphatic heterocycles. The molecule has 0 spiro atoms. The summed E-state index contributed by atoms with van der Waals surface area (Å²) in [5.74, 6) is -0.257. The fourth-order valence-corrected chi connectivity index (χ4v) is 1.84. The van der Waals surface area contributed by atoms with Crippen LogP contribution in [0.15, 0.2) is 24.3 Å². The lowest BCUT2D eigenvalue weighted by Crippen LogP contribution is -2.41. The minimum atomic E-state index is -2.22. The fourth-order valence-electron chi connectivity index (χ4n) is 0.858. The fraction of sp³-hybridized carbons (Fsp3) is 0.222. The Balaban J connectivity index is 0.000000500.